The van der Waals surface area contributed by atoms with Gasteiger partial charge in [0.25, 0.3) is 0 Å². The normalized spacial score (nSPS) is 17.9. The molecular weight excluding hydrogens is 433 g/mol. The monoisotopic (exact) mass is 461 g/mol. The minimum Gasteiger partial charge on any atom is -0.477 e. The van der Waals surface area contributed by atoms with Crippen molar-refractivity contribution >= 4 is 39.2 Å². The van der Waals surface area contributed by atoms with E-state index in [1.165, 1.54) is 12.3 Å². The summed E-state index contributed by atoms with van der Waals surface area (Å²) in [7, 11) is 2.03. The first kappa shape index (κ1) is 22.8. The average Bonchev–Trinajstić information content (AvgIpc) is 3.59. The number of unbranched alkanes of at least 4 members (excludes halogenated alkanes) is 2. The minimum atomic E-state index is -1.30. The van der Waals surface area contributed by atoms with E-state index in [2.05, 4.69) is 11.8 Å². The topological polar surface area (TPSA) is 65.8 Å². The van der Waals surface area contributed by atoms with Gasteiger partial charge in [-0.05, 0) is 32.4 Å². The molecule has 1 saturated carbocycles. The van der Waals surface area contributed by atoms with Gasteiger partial charge in [-0.1, -0.05) is 37.4 Å². The highest BCUT2D eigenvalue weighted by molar-refractivity contribution is 6.50. The molecule has 2 heterocycles. The molecule has 1 N–H and O–H groups in total. The van der Waals surface area contributed by atoms with Crippen LogP contribution in [0, 0.1) is 5.82 Å². The lowest BCUT2D eigenvalue weighted by molar-refractivity contribution is 0.0695. The molecule has 1 saturated heterocycles. The van der Waals surface area contributed by atoms with E-state index in [1.54, 1.807) is 0 Å². The third kappa shape index (κ3) is 4.28. The fraction of sp³-hybridized carbons (Fsp3) is 0.500. The number of allylic oxidation sites excluding steroid dienone is 1. The lowest BCUT2D eigenvalue weighted by atomic mass is 10.0. The average molecular weight is 462 g/mol. The van der Waals surface area contributed by atoms with Crippen molar-refractivity contribution in [2.45, 2.75) is 45.1 Å². The first-order valence-corrected chi connectivity index (χ1v) is 11.7. The smallest absolute Gasteiger partial charge is 0.341 e. The number of piperazine rings is 1. The Labute approximate surface area is 191 Å². The zero-order chi connectivity index (χ0) is 23.0. The minimum absolute atomic E-state index is 0.0734. The van der Waals surface area contributed by atoms with Crippen LogP contribution in [0.4, 0.5) is 10.1 Å². The van der Waals surface area contributed by atoms with Gasteiger partial charge in [0.15, 0.2) is 0 Å². The van der Waals surface area contributed by atoms with E-state index in [0.717, 1.165) is 45.2 Å². The molecule has 4 rings (SSSR count). The number of nitrogens with zero attached hydrogens (tertiary/aromatic N) is 3. The van der Waals surface area contributed by atoms with E-state index in [-0.39, 0.29) is 17.0 Å². The van der Waals surface area contributed by atoms with Crippen LogP contribution in [-0.4, -0.2) is 53.8 Å². The predicted octanol–water partition coefficient (Wildman–Crippen LogP) is 4.70. The van der Waals surface area contributed by atoms with Crippen LogP contribution in [0.25, 0.3) is 15.9 Å². The Morgan fingerprint density at radius 2 is 1.97 bits per heavy atom. The van der Waals surface area contributed by atoms with Gasteiger partial charge in [-0.15, -0.1) is 0 Å². The van der Waals surface area contributed by atoms with Gasteiger partial charge in [-0.2, -0.15) is 0 Å². The van der Waals surface area contributed by atoms with Gasteiger partial charge in [-0.3, -0.25) is 4.79 Å². The van der Waals surface area contributed by atoms with Crippen LogP contribution >= 0.6 is 11.6 Å². The number of halogens is 2. The highest BCUT2D eigenvalue weighted by Crippen LogP contribution is 2.43. The molecule has 1 aromatic carbocycles. The van der Waals surface area contributed by atoms with E-state index in [0.29, 0.717) is 34.9 Å². The Kier molecular flexibility index (Phi) is 6.58. The van der Waals surface area contributed by atoms with Crippen molar-refractivity contribution in [2.24, 2.45) is 0 Å². The van der Waals surface area contributed by atoms with Gasteiger partial charge in [-0.25, -0.2) is 9.18 Å². The maximum Gasteiger partial charge on any atom is 0.341 e. The number of likely N-dealkylation sites (N-methyl/N-ethyl adjacent to an activating group) is 1. The lowest BCUT2D eigenvalue weighted by Gasteiger charge is -2.36. The summed E-state index contributed by atoms with van der Waals surface area (Å²) in [5.41, 5.74) is 0.430. The van der Waals surface area contributed by atoms with Gasteiger partial charge in [0.1, 0.15) is 11.4 Å². The van der Waals surface area contributed by atoms with Crippen molar-refractivity contribution in [1.82, 2.24) is 9.47 Å². The maximum absolute atomic E-state index is 15.6. The SMILES string of the molecule is CCCC/C=C(/Cl)c1c(N2CCN(C)CC2)c(F)cc2c(=O)c(C(=O)O)cn(C3CC3)c12. The number of aromatic carboxylic acids is 1. The van der Waals surface area contributed by atoms with Gasteiger partial charge < -0.3 is 19.5 Å². The van der Waals surface area contributed by atoms with Gasteiger partial charge in [0.2, 0.25) is 5.43 Å². The number of rotatable bonds is 7. The second kappa shape index (κ2) is 9.24. The van der Waals surface area contributed by atoms with Crippen molar-refractivity contribution in [2.75, 3.05) is 38.1 Å². The molecule has 2 fully saturated rings. The summed E-state index contributed by atoms with van der Waals surface area (Å²) in [5.74, 6) is -1.85. The van der Waals surface area contributed by atoms with Crippen molar-refractivity contribution < 1.29 is 14.3 Å². The lowest BCUT2D eigenvalue weighted by Crippen LogP contribution is -2.45. The molecule has 0 bridgehead atoms. The van der Waals surface area contributed by atoms with E-state index < -0.39 is 17.2 Å². The van der Waals surface area contributed by atoms with E-state index in [4.69, 9.17) is 11.6 Å². The fourth-order valence-corrected chi connectivity index (χ4v) is 4.66. The quantitative estimate of drug-likeness (QED) is 0.605. The van der Waals surface area contributed by atoms with Crippen molar-refractivity contribution in [3.63, 3.8) is 0 Å². The summed E-state index contributed by atoms with van der Waals surface area (Å²) in [6, 6.07) is 1.29. The summed E-state index contributed by atoms with van der Waals surface area (Å²) in [6.45, 7) is 4.97. The Morgan fingerprint density at radius 3 is 2.56 bits per heavy atom. The zero-order valence-electron chi connectivity index (χ0n) is 18.5. The molecular formula is C24H29ClFN3O3. The molecule has 1 aliphatic heterocycles. The third-order valence-electron chi connectivity index (χ3n) is 6.35. The number of carboxylic acids is 1. The first-order valence-electron chi connectivity index (χ1n) is 11.3. The molecule has 0 atom stereocenters. The molecule has 0 radical (unpaired) electrons. The Hall–Kier alpha value is -2.38. The first-order chi connectivity index (χ1) is 15.3. The van der Waals surface area contributed by atoms with Crippen LogP contribution in [0.15, 0.2) is 23.1 Å². The van der Waals surface area contributed by atoms with Crippen molar-refractivity contribution in [3.8, 4) is 0 Å². The number of benzene rings is 1. The molecule has 1 aromatic heterocycles. The molecule has 32 heavy (non-hydrogen) atoms. The van der Waals surface area contributed by atoms with Gasteiger partial charge in [0.05, 0.1) is 16.6 Å². The maximum atomic E-state index is 15.6. The van der Waals surface area contributed by atoms with Gasteiger partial charge >= 0.3 is 5.97 Å². The number of hydrogen-bond acceptors (Lipinski definition) is 4. The summed E-state index contributed by atoms with van der Waals surface area (Å²) < 4.78 is 17.5. The number of fused-ring (bicyclic) bond motifs is 1. The van der Waals surface area contributed by atoms with Crippen LogP contribution in [0.1, 0.15) is 61.0 Å². The summed E-state index contributed by atoms with van der Waals surface area (Å²) in [6.07, 6.45) is 7.78. The molecule has 6 nitrogen and oxygen atoms in total. The summed E-state index contributed by atoms with van der Waals surface area (Å²) >= 11 is 6.82. The fourth-order valence-electron chi connectivity index (χ4n) is 4.37. The number of carboxylic acid groups (broad SMARTS) is 1. The number of aromatic nitrogens is 1. The van der Waals surface area contributed by atoms with E-state index in [1.807, 2.05) is 22.6 Å². The van der Waals surface area contributed by atoms with Crippen LogP contribution in [0.3, 0.4) is 0 Å². The molecule has 0 amide bonds. The summed E-state index contributed by atoms with van der Waals surface area (Å²) in [5, 5.41) is 10.1. The molecule has 1 aliphatic carbocycles. The largest absolute Gasteiger partial charge is 0.477 e. The Balaban J connectivity index is 2.03. The van der Waals surface area contributed by atoms with Crippen LogP contribution in [0.5, 0.6) is 0 Å². The van der Waals surface area contributed by atoms with Crippen LogP contribution in [-0.2, 0) is 0 Å². The van der Waals surface area contributed by atoms with Crippen LogP contribution < -0.4 is 10.3 Å². The number of hydrogen-bond donors (Lipinski definition) is 1. The molecule has 2 aromatic rings. The molecule has 0 unspecified atom stereocenters. The standard InChI is InChI=1S/C24H29ClFN3O3/c1-3-4-5-6-18(25)20-21-16(13-19(26)22(20)28-11-9-27(2)10-12-28)23(30)17(24(31)32)14-29(21)15-7-8-15/h6,13-15H,3-5,7-12H2,1-2H3,(H,31,32)/b18-6+. The highest BCUT2D eigenvalue weighted by Gasteiger charge is 2.32. The molecule has 0 spiro atoms. The van der Waals surface area contributed by atoms with E-state index in [9.17, 15) is 14.7 Å². The summed E-state index contributed by atoms with van der Waals surface area (Å²) in [4.78, 5) is 28.9. The number of pyridine rings is 1. The highest BCUT2D eigenvalue weighted by atomic mass is 35.5. The van der Waals surface area contributed by atoms with Gasteiger partial charge in [0, 0.05) is 49.0 Å². The van der Waals surface area contributed by atoms with Crippen molar-refractivity contribution in [1.29, 1.82) is 0 Å². The zero-order valence-corrected chi connectivity index (χ0v) is 19.3. The Bertz CT molecular complexity index is 1130. The number of carbonyl (C=O) groups is 1. The second-order valence-electron chi connectivity index (χ2n) is 8.78. The second-order valence-corrected chi connectivity index (χ2v) is 9.19. The molecule has 8 heteroatoms. The molecule has 2 aliphatic rings. The molecule has 172 valence electrons. The third-order valence-corrected chi connectivity index (χ3v) is 6.70. The van der Waals surface area contributed by atoms with Crippen LogP contribution in [0.2, 0.25) is 0 Å². The van der Waals surface area contributed by atoms with Crippen molar-refractivity contribution in [3.05, 3.63) is 45.5 Å². The predicted molar refractivity (Wildman–Crippen MR) is 126 cm³/mol. The number of anilines is 1. The van der Waals surface area contributed by atoms with E-state index >= 15 is 4.39 Å². The Morgan fingerprint density at radius 1 is 1.28 bits per heavy atom.